The second-order valence-electron chi connectivity index (χ2n) is 5.28. The maximum absolute atomic E-state index is 4.80. The summed E-state index contributed by atoms with van der Waals surface area (Å²) in [7, 11) is 0. The summed E-state index contributed by atoms with van der Waals surface area (Å²) < 4.78 is 2.93. The van der Waals surface area contributed by atoms with E-state index in [0.717, 1.165) is 31.8 Å². The Labute approximate surface area is 159 Å². The predicted octanol–water partition coefficient (Wildman–Crippen LogP) is 4.73. The topological polar surface area (TPSA) is 42.5 Å². The summed E-state index contributed by atoms with van der Waals surface area (Å²) >= 11 is 5.04. The Balaban J connectivity index is 2.13. The van der Waals surface area contributed by atoms with Crippen LogP contribution in [0.2, 0.25) is 0 Å². The van der Waals surface area contributed by atoms with Gasteiger partial charge in [0.1, 0.15) is 0 Å². The predicted molar refractivity (Wildman–Crippen MR) is 108 cm³/mol. The van der Waals surface area contributed by atoms with E-state index in [1.807, 2.05) is 42.1 Å². The van der Waals surface area contributed by atoms with Crippen LogP contribution in [0.15, 0.2) is 81.4 Å². The molecule has 0 saturated carbocycles. The molecule has 126 valence electrons. The van der Waals surface area contributed by atoms with E-state index < -0.39 is 0 Å². The number of halogens is 1. The molecule has 0 bridgehead atoms. The Morgan fingerprint density at radius 3 is 2.80 bits per heavy atom. The molecule has 0 amide bonds. The number of hydrogen-bond acceptors (Lipinski definition) is 4. The van der Waals surface area contributed by atoms with E-state index in [2.05, 4.69) is 50.0 Å². The molecule has 0 saturated heterocycles. The molecule has 0 aliphatic heterocycles. The molecule has 0 radical (unpaired) electrons. The Bertz CT molecular complexity index is 953. The van der Waals surface area contributed by atoms with Gasteiger partial charge in [0.05, 0.1) is 18.0 Å². The molecule has 0 spiro atoms. The number of nitrogens with zero attached hydrogens (tertiary/aromatic N) is 4. The highest BCUT2D eigenvalue weighted by atomic mass is 79.9. The first-order valence-electron chi connectivity index (χ1n) is 7.73. The van der Waals surface area contributed by atoms with Gasteiger partial charge < -0.3 is 0 Å². The Kier molecular flexibility index (Phi) is 5.73. The van der Waals surface area contributed by atoms with Gasteiger partial charge in [-0.2, -0.15) is 5.10 Å². The van der Waals surface area contributed by atoms with Crippen molar-refractivity contribution in [2.45, 2.75) is 6.92 Å². The van der Waals surface area contributed by atoms with E-state index in [-0.39, 0.29) is 0 Å². The highest BCUT2D eigenvalue weighted by Crippen LogP contribution is 2.22. The summed E-state index contributed by atoms with van der Waals surface area (Å²) in [5.74, 6) is 0. The van der Waals surface area contributed by atoms with Crippen molar-refractivity contribution in [3.05, 3.63) is 81.7 Å². The normalized spacial score (nSPS) is 12.4. The zero-order valence-electron chi connectivity index (χ0n) is 13.8. The van der Waals surface area contributed by atoms with Gasteiger partial charge >= 0.3 is 0 Å². The molecule has 3 rings (SSSR count). The van der Waals surface area contributed by atoms with Gasteiger partial charge in [-0.25, -0.2) is 4.68 Å². The SMILES string of the molecule is C=CCN=c1scc(-c2ccc(Br)cc2)n1N=C(C)c1cccnc1. The van der Waals surface area contributed by atoms with E-state index in [1.165, 1.54) is 0 Å². The minimum Gasteiger partial charge on any atom is -0.264 e. The van der Waals surface area contributed by atoms with Gasteiger partial charge in [0.2, 0.25) is 4.80 Å². The zero-order valence-corrected chi connectivity index (χ0v) is 16.2. The molecule has 25 heavy (non-hydrogen) atoms. The van der Waals surface area contributed by atoms with Crippen LogP contribution in [0.1, 0.15) is 12.5 Å². The van der Waals surface area contributed by atoms with Crippen molar-refractivity contribution in [1.29, 1.82) is 0 Å². The van der Waals surface area contributed by atoms with Crippen molar-refractivity contribution in [2.24, 2.45) is 10.1 Å². The molecular formula is C19H17BrN4S. The largest absolute Gasteiger partial charge is 0.264 e. The van der Waals surface area contributed by atoms with Crippen LogP contribution in [0.3, 0.4) is 0 Å². The maximum Gasteiger partial charge on any atom is 0.206 e. The van der Waals surface area contributed by atoms with Crippen LogP contribution in [0.4, 0.5) is 0 Å². The summed E-state index contributed by atoms with van der Waals surface area (Å²) in [5.41, 5.74) is 3.95. The van der Waals surface area contributed by atoms with Crippen LogP contribution < -0.4 is 4.80 Å². The molecular weight excluding hydrogens is 396 g/mol. The van der Waals surface area contributed by atoms with Crippen molar-refractivity contribution in [3.63, 3.8) is 0 Å². The third kappa shape index (κ3) is 4.21. The van der Waals surface area contributed by atoms with E-state index in [0.29, 0.717) is 6.54 Å². The number of pyridine rings is 1. The fourth-order valence-corrected chi connectivity index (χ4v) is 3.36. The van der Waals surface area contributed by atoms with Crippen molar-refractivity contribution >= 4 is 33.0 Å². The van der Waals surface area contributed by atoms with E-state index in [9.17, 15) is 0 Å². The number of rotatable bonds is 5. The molecule has 4 nitrogen and oxygen atoms in total. The van der Waals surface area contributed by atoms with Crippen LogP contribution in [0, 0.1) is 0 Å². The van der Waals surface area contributed by atoms with Crippen molar-refractivity contribution in [3.8, 4) is 11.3 Å². The van der Waals surface area contributed by atoms with Crippen LogP contribution in [-0.4, -0.2) is 21.9 Å². The molecule has 0 fully saturated rings. The van der Waals surface area contributed by atoms with Gasteiger partial charge in [-0.3, -0.25) is 9.98 Å². The Morgan fingerprint density at radius 1 is 1.32 bits per heavy atom. The lowest BCUT2D eigenvalue weighted by atomic mass is 10.2. The summed E-state index contributed by atoms with van der Waals surface area (Å²) in [6.07, 6.45) is 5.35. The van der Waals surface area contributed by atoms with Gasteiger partial charge in [0.15, 0.2) is 0 Å². The van der Waals surface area contributed by atoms with Gasteiger partial charge in [-0.05, 0) is 25.1 Å². The monoisotopic (exact) mass is 412 g/mol. The first kappa shape index (κ1) is 17.5. The molecule has 6 heteroatoms. The Morgan fingerprint density at radius 2 is 2.12 bits per heavy atom. The van der Waals surface area contributed by atoms with Crippen molar-refractivity contribution < 1.29 is 0 Å². The van der Waals surface area contributed by atoms with E-state index in [1.54, 1.807) is 23.6 Å². The van der Waals surface area contributed by atoms with Crippen molar-refractivity contribution in [1.82, 2.24) is 9.66 Å². The van der Waals surface area contributed by atoms with E-state index >= 15 is 0 Å². The molecule has 0 aliphatic rings. The number of benzene rings is 1. The first-order chi connectivity index (χ1) is 12.2. The molecule has 0 atom stereocenters. The van der Waals surface area contributed by atoms with Crippen LogP contribution in [0.5, 0.6) is 0 Å². The molecule has 1 aromatic carbocycles. The fraction of sp³-hybridized carbons (Fsp3) is 0.105. The van der Waals surface area contributed by atoms with E-state index in [4.69, 9.17) is 5.10 Å². The highest BCUT2D eigenvalue weighted by Gasteiger charge is 2.08. The third-order valence-electron chi connectivity index (χ3n) is 3.51. The van der Waals surface area contributed by atoms with Gasteiger partial charge in [-0.1, -0.05) is 40.2 Å². The molecule has 0 unspecified atom stereocenters. The first-order valence-corrected chi connectivity index (χ1v) is 9.40. The maximum atomic E-state index is 4.80. The molecule has 0 N–H and O–H groups in total. The smallest absolute Gasteiger partial charge is 0.206 e. The van der Waals surface area contributed by atoms with Gasteiger partial charge in [-0.15, -0.1) is 17.9 Å². The molecule has 3 aromatic rings. The summed E-state index contributed by atoms with van der Waals surface area (Å²) in [5, 5.41) is 6.88. The highest BCUT2D eigenvalue weighted by molar-refractivity contribution is 9.10. The molecule has 2 aromatic heterocycles. The quantitative estimate of drug-likeness (QED) is 0.440. The minimum absolute atomic E-state index is 0.557. The fourth-order valence-electron chi connectivity index (χ4n) is 2.25. The van der Waals surface area contributed by atoms with Crippen LogP contribution in [0.25, 0.3) is 11.3 Å². The summed E-state index contributed by atoms with van der Waals surface area (Å²) in [4.78, 5) is 9.57. The molecule has 2 heterocycles. The van der Waals surface area contributed by atoms with Crippen LogP contribution >= 0.6 is 27.3 Å². The number of thiazole rings is 1. The second kappa shape index (κ2) is 8.18. The zero-order chi connectivity index (χ0) is 17.6. The lowest BCUT2D eigenvalue weighted by Gasteiger charge is -2.06. The minimum atomic E-state index is 0.557. The summed E-state index contributed by atoms with van der Waals surface area (Å²) in [6.45, 7) is 6.27. The number of hydrogen-bond donors (Lipinski definition) is 0. The van der Waals surface area contributed by atoms with Gasteiger partial charge in [0.25, 0.3) is 0 Å². The second-order valence-corrected chi connectivity index (χ2v) is 7.03. The Hall–Kier alpha value is -2.31. The summed E-state index contributed by atoms with van der Waals surface area (Å²) in [6, 6.07) is 12.1. The third-order valence-corrected chi connectivity index (χ3v) is 4.89. The standard InChI is InChI=1S/C19H17BrN4S/c1-3-10-22-19-24(23-14(2)16-5-4-11-21-12-16)18(13-25-19)15-6-8-17(20)9-7-15/h3-9,11-13H,1,10H2,2H3. The van der Waals surface area contributed by atoms with Gasteiger partial charge in [0, 0.05) is 33.4 Å². The number of aromatic nitrogens is 2. The average molecular weight is 413 g/mol. The van der Waals surface area contributed by atoms with Crippen molar-refractivity contribution in [2.75, 3.05) is 6.54 Å². The lowest BCUT2D eigenvalue weighted by Crippen LogP contribution is -2.14. The average Bonchev–Trinajstić information content (AvgIpc) is 3.04. The van der Waals surface area contributed by atoms with Crippen LogP contribution in [-0.2, 0) is 0 Å². The lowest BCUT2D eigenvalue weighted by molar-refractivity contribution is 0.834. The molecule has 0 aliphatic carbocycles.